The Kier molecular flexibility index (Phi) is 13.4. The fourth-order valence-corrected chi connectivity index (χ4v) is 6.42. The minimum atomic E-state index is -2.85. The molecule has 11 nitrogen and oxygen atoms in total. The first-order chi connectivity index (χ1) is 16.8. The van der Waals surface area contributed by atoms with Crippen molar-refractivity contribution in [2.75, 3.05) is 56.6 Å². The number of aliphatic imine (C=N–C) groups is 1. The van der Waals surface area contributed by atoms with Crippen LogP contribution in [-0.4, -0.2) is 101 Å². The number of nitrogen functional groups attached to an aromatic ring is 1. The van der Waals surface area contributed by atoms with Crippen LogP contribution in [0.15, 0.2) is 47.6 Å². The number of aliphatic hydroxyl groups excluding tert-OH is 1. The molecular formula is C24H37N5O6S3. The SMILES string of the molecule is C.Nc1cc(OCCO)cc2cc(C3=NCC(CN4CCS(=O)(=O)CC4)S3)[nH]c12.O.O.S=c1cccc[nH]1. The molecule has 0 spiro atoms. The maximum Gasteiger partial charge on any atom is 0.152 e. The first kappa shape index (κ1) is 33.6. The number of H-pyrrole nitrogens is 2. The van der Waals surface area contributed by atoms with Crippen LogP contribution in [0.2, 0.25) is 0 Å². The molecule has 2 aliphatic rings. The molecule has 1 unspecified atom stereocenters. The smallest absolute Gasteiger partial charge is 0.152 e. The van der Waals surface area contributed by atoms with Crippen LogP contribution in [0.1, 0.15) is 13.1 Å². The van der Waals surface area contributed by atoms with Gasteiger partial charge in [-0.1, -0.05) is 37.5 Å². The van der Waals surface area contributed by atoms with Gasteiger partial charge in [0.25, 0.3) is 0 Å². The van der Waals surface area contributed by atoms with Gasteiger partial charge in [0.05, 0.1) is 41.6 Å². The summed E-state index contributed by atoms with van der Waals surface area (Å²) >= 11 is 6.48. The number of nitrogens with two attached hydrogens (primary N) is 1. The Morgan fingerprint density at radius 3 is 2.55 bits per heavy atom. The van der Waals surface area contributed by atoms with Crippen molar-refractivity contribution in [3.63, 3.8) is 0 Å². The summed E-state index contributed by atoms with van der Waals surface area (Å²) in [5.41, 5.74) is 8.50. The average molecular weight is 588 g/mol. The molecule has 0 radical (unpaired) electrons. The number of thioether (sulfide) groups is 1. The second-order valence-corrected chi connectivity index (χ2v) is 12.3. The highest BCUT2D eigenvalue weighted by Crippen LogP contribution is 2.32. The van der Waals surface area contributed by atoms with E-state index in [4.69, 9.17) is 27.8 Å². The molecule has 1 aromatic carbocycles. The second kappa shape index (κ2) is 15.2. The van der Waals surface area contributed by atoms with Gasteiger partial charge in [0.2, 0.25) is 0 Å². The predicted octanol–water partition coefficient (Wildman–Crippen LogP) is 1.44. The molecule has 212 valence electrons. The van der Waals surface area contributed by atoms with E-state index in [0.717, 1.165) is 39.4 Å². The number of anilines is 1. The zero-order chi connectivity index (χ0) is 24.8. The molecule has 38 heavy (non-hydrogen) atoms. The van der Waals surface area contributed by atoms with E-state index in [9.17, 15) is 8.42 Å². The van der Waals surface area contributed by atoms with Gasteiger partial charge in [-0.2, -0.15) is 0 Å². The van der Waals surface area contributed by atoms with E-state index in [1.807, 2.05) is 36.5 Å². The number of sulfone groups is 1. The molecule has 4 heterocycles. The van der Waals surface area contributed by atoms with Gasteiger partial charge in [0.1, 0.15) is 22.0 Å². The molecule has 2 aliphatic heterocycles. The number of fused-ring (bicyclic) bond motifs is 1. The Morgan fingerprint density at radius 2 is 1.95 bits per heavy atom. The van der Waals surface area contributed by atoms with Crippen LogP contribution in [-0.2, 0) is 9.84 Å². The van der Waals surface area contributed by atoms with E-state index in [2.05, 4.69) is 19.9 Å². The molecule has 14 heteroatoms. The highest BCUT2D eigenvalue weighted by atomic mass is 32.2. The zero-order valence-electron chi connectivity index (χ0n) is 20.1. The van der Waals surface area contributed by atoms with Crippen molar-refractivity contribution in [2.45, 2.75) is 12.7 Å². The fourth-order valence-electron chi connectivity index (χ4n) is 3.86. The van der Waals surface area contributed by atoms with Gasteiger partial charge >= 0.3 is 0 Å². The van der Waals surface area contributed by atoms with Crippen LogP contribution in [0.3, 0.4) is 0 Å². The molecule has 2 aromatic heterocycles. The van der Waals surface area contributed by atoms with Gasteiger partial charge in [-0.3, -0.25) is 4.99 Å². The Labute approximate surface area is 232 Å². The average Bonchev–Trinajstić information content (AvgIpc) is 3.47. The summed E-state index contributed by atoms with van der Waals surface area (Å²) in [5, 5.41) is 11.1. The number of aromatic nitrogens is 2. The van der Waals surface area contributed by atoms with Crippen molar-refractivity contribution in [2.24, 2.45) is 4.99 Å². The largest absolute Gasteiger partial charge is 0.491 e. The van der Waals surface area contributed by atoms with Crippen LogP contribution in [0.25, 0.3) is 10.9 Å². The lowest BCUT2D eigenvalue weighted by atomic mass is 10.2. The number of aromatic amines is 2. The van der Waals surface area contributed by atoms with Crippen molar-refractivity contribution in [1.29, 1.82) is 0 Å². The number of ether oxygens (including phenoxy) is 1. The molecule has 3 aromatic rings. The Bertz CT molecular complexity index is 1330. The first-order valence-electron chi connectivity index (χ1n) is 11.3. The highest BCUT2D eigenvalue weighted by Gasteiger charge is 2.27. The normalized spacial score (nSPS) is 18.1. The van der Waals surface area contributed by atoms with Gasteiger partial charge in [-0.05, 0) is 24.3 Å². The Morgan fingerprint density at radius 1 is 1.21 bits per heavy atom. The minimum Gasteiger partial charge on any atom is -0.491 e. The van der Waals surface area contributed by atoms with E-state index < -0.39 is 9.84 Å². The van der Waals surface area contributed by atoms with Crippen LogP contribution >= 0.6 is 24.0 Å². The molecule has 0 amide bonds. The molecule has 0 bridgehead atoms. The predicted molar refractivity (Wildman–Crippen MR) is 159 cm³/mol. The van der Waals surface area contributed by atoms with Gasteiger partial charge < -0.3 is 41.4 Å². The lowest BCUT2D eigenvalue weighted by Gasteiger charge is -2.28. The van der Waals surface area contributed by atoms with E-state index in [0.29, 0.717) is 29.8 Å². The van der Waals surface area contributed by atoms with E-state index >= 15 is 0 Å². The van der Waals surface area contributed by atoms with E-state index in [1.54, 1.807) is 17.8 Å². The summed E-state index contributed by atoms with van der Waals surface area (Å²) in [4.78, 5) is 13.1. The van der Waals surface area contributed by atoms with Crippen molar-refractivity contribution in [1.82, 2.24) is 14.9 Å². The summed E-state index contributed by atoms with van der Waals surface area (Å²) < 4.78 is 29.4. The van der Waals surface area contributed by atoms with E-state index in [-0.39, 0.29) is 43.1 Å². The third-order valence-electron chi connectivity index (χ3n) is 5.62. The van der Waals surface area contributed by atoms with Crippen molar-refractivity contribution in [3.05, 3.63) is 52.9 Å². The van der Waals surface area contributed by atoms with Gasteiger partial charge in [-0.25, -0.2) is 8.42 Å². The van der Waals surface area contributed by atoms with Crippen molar-refractivity contribution >= 4 is 55.5 Å². The first-order valence-corrected chi connectivity index (χ1v) is 14.4. The molecule has 9 N–H and O–H groups in total. The summed E-state index contributed by atoms with van der Waals surface area (Å²) in [6.45, 7) is 2.95. The molecule has 0 aliphatic carbocycles. The number of pyridine rings is 1. The number of hydrogen-bond acceptors (Lipinski definition) is 9. The van der Waals surface area contributed by atoms with Crippen LogP contribution in [0.4, 0.5) is 5.69 Å². The standard InChI is InChI=1S/C18H24N4O4S2.C5H5NS.CH4.2H2O/c19-15-9-13(26-4-3-23)7-12-8-16(21-17(12)15)18-20-10-14(27-18)11-22-1-5-28(24,25)6-2-22;7-5-3-1-2-4-6-5;;;/h7-9,14,21,23H,1-6,10-11,19H2;1-4H,(H,6,7);1H4;2*1H2. The number of nitrogens with zero attached hydrogens (tertiary/aromatic N) is 2. The van der Waals surface area contributed by atoms with E-state index in [1.165, 1.54) is 0 Å². The quantitative estimate of drug-likeness (QED) is 0.245. The second-order valence-electron chi connectivity index (χ2n) is 8.30. The lowest BCUT2D eigenvalue weighted by molar-refractivity contribution is 0.201. The summed E-state index contributed by atoms with van der Waals surface area (Å²) in [7, 11) is -2.85. The van der Waals surface area contributed by atoms with Gasteiger partial charge in [0.15, 0.2) is 9.84 Å². The van der Waals surface area contributed by atoms with Crippen molar-refractivity contribution < 1.29 is 29.2 Å². The maximum atomic E-state index is 11.6. The fraction of sp³-hybridized carbons (Fsp3) is 0.417. The highest BCUT2D eigenvalue weighted by molar-refractivity contribution is 8.15. The van der Waals surface area contributed by atoms with Crippen LogP contribution < -0.4 is 10.5 Å². The lowest BCUT2D eigenvalue weighted by Crippen LogP contribution is -2.43. The zero-order valence-corrected chi connectivity index (χ0v) is 22.6. The molecule has 1 saturated heterocycles. The molecular weight excluding hydrogens is 550 g/mol. The number of aliphatic hydroxyl groups is 1. The Balaban J connectivity index is 0.000000632. The topological polar surface area (TPSA) is 200 Å². The van der Waals surface area contributed by atoms with Gasteiger partial charge in [-0.15, -0.1) is 0 Å². The summed E-state index contributed by atoms with van der Waals surface area (Å²) in [6.07, 6.45) is 1.81. The Hall–Kier alpha value is -2.46. The van der Waals surface area contributed by atoms with Crippen molar-refractivity contribution in [3.8, 4) is 5.75 Å². The molecule has 1 atom stereocenters. The summed E-state index contributed by atoms with van der Waals surface area (Å²) in [6, 6.07) is 11.3. The van der Waals surface area contributed by atoms with Crippen LogP contribution in [0.5, 0.6) is 5.75 Å². The minimum absolute atomic E-state index is 0. The molecule has 5 rings (SSSR count). The third kappa shape index (κ3) is 9.08. The number of benzene rings is 1. The van der Waals surface area contributed by atoms with Gasteiger partial charge in [0, 0.05) is 42.5 Å². The number of hydrogen-bond donors (Lipinski definition) is 4. The number of rotatable bonds is 6. The maximum absolute atomic E-state index is 11.6. The summed E-state index contributed by atoms with van der Waals surface area (Å²) in [5.74, 6) is 1.13. The molecule has 0 saturated carbocycles. The van der Waals surface area contributed by atoms with Crippen LogP contribution in [0, 0.1) is 4.64 Å². The molecule has 1 fully saturated rings. The monoisotopic (exact) mass is 587 g/mol. The number of nitrogens with one attached hydrogen (secondary N) is 2. The third-order valence-corrected chi connectivity index (χ3v) is 8.69.